The van der Waals surface area contributed by atoms with Crippen LogP contribution < -0.4 is 9.47 Å². The lowest BCUT2D eigenvalue weighted by Crippen LogP contribution is -2.20. The van der Waals surface area contributed by atoms with Crippen LogP contribution in [0.2, 0.25) is 0 Å². The van der Waals surface area contributed by atoms with E-state index in [1.165, 1.54) is 0 Å². The number of halogens is 3. The monoisotopic (exact) mass is 464 g/mol. The largest absolute Gasteiger partial charge is 0.497 e. The summed E-state index contributed by atoms with van der Waals surface area (Å²) in [5.74, 6) is 0.256. The number of hydrogen-bond donors (Lipinski definition) is 0. The minimum absolute atomic E-state index is 0.0600. The molecule has 0 amide bonds. The van der Waals surface area contributed by atoms with Crippen molar-refractivity contribution in [3.05, 3.63) is 43.5 Å². The lowest BCUT2D eigenvalue weighted by Gasteiger charge is -2.16. The smallest absolute Gasteiger partial charge is 0.237 e. The Bertz CT molecular complexity index is 644. The zero-order valence-electron chi connectivity index (χ0n) is 10.1. The van der Waals surface area contributed by atoms with Crippen LogP contribution in [0.3, 0.4) is 0 Å². The molecule has 0 bridgehead atoms. The Kier molecular flexibility index (Phi) is 4.82. The van der Waals surface area contributed by atoms with Crippen molar-refractivity contribution in [3.63, 3.8) is 0 Å². The number of carbonyl (C=O) groups is 2. The molecule has 0 N–H and O–H groups in total. The van der Waals surface area contributed by atoms with Gasteiger partial charge in [-0.25, -0.2) is 0 Å². The van der Waals surface area contributed by atoms with Gasteiger partial charge in [0.05, 0.1) is 16.1 Å². The van der Waals surface area contributed by atoms with Crippen LogP contribution in [0.1, 0.15) is 0 Å². The number of Topliss-reactive ketones (excluding diaryl/α,β-unsaturated/α-hetero) is 2. The van der Waals surface area contributed by atoms with Crippen molar-refractivity contribution in [2.24, 2.45) is 0 Å². The van der Waals surface area contributed by atoms with Gasteiger partial charge in [0.2, 0.25) is 11.6 Å². The second kappa shape index (κ2) is 6.24. The van der Waals surface area contributed by atoms with Gasteiger partial charge in [-0.15, -0.1) is 0 Å². The first-order valence-electron chi connectivity index (χ1n) is 5.32. The number of rotatable bonds is 3. The third kappa shape index (κ3) is 2.89. The van der Waals surface area contributed by atoms with Gasteiger partial charge in [0.1, 0.15) is 16.0 Å². The van der Waals surface area contributed by atoms with E-state index in [2.05, 4.69) is 47.8 Å². The molecule has 1 aliphatic rings. The van der Waals surface area contributed by atoms with Crippen molar-refractivity contribution in [3.8, 4) is 11.5 Å². The summed E-state index contributed by atoms with van der Waals surface area (Å²) in [4.78, 5) is 24.0. The first kappa shape index (κ1) is 15.5. The lowest BCUT2D eigenvalue weighted by atomic mass is 10.1. The minimum Gasteiger partial charge on any atom is -0.497 e. The Hall–Kier alpha value is -0.920. The van der Waals surface area contributed by atoms with Crippen LogP contribution in [-0.2, 0) is 9.59 Å². The number of methoxy groups -OCH3 is 1. The molecule has 4 nitrogen and oxygen atoms in total. The molecule has 0 unspecified atom stereocenters. The highest BCUT2D eigenvalue weighted by Crippen LogP contribution is 2.35. The van der Waals surface area contributed by atoms with Gasteiger partial charge in [-0.1, -0.05) is 0 Å². The summed E-state index contributed by atoms with van der Waals surface area (Å²) < 4.78 is 10.9. The summed E-state index contributed by atoms with van der Waals surface area (Å²) in [5.41, 5.74) is 0. The van der Waals surface area contributed by atoms with Crippen molar-refractivity contribution in [2.75, 3.05) is 7.11 Å². The quantitative estimate of drug-likeness (QED) is 0.635. The zero-order valence-corrected chi connectivity index (χ0v) is 14.8. The fourth-order valence-electron chi connectivity index (χ4n) is 1.45. The number of benzene rings is 1. The molecule has 1 aliphatic carbocycles. The molecule has 2 rings (SSSR count). The predicted molar refractivity (Wildman–Crippen MR) is 84.5 cm³/mol. The first-order valence-corrected chi connectivity index (χ1v) is 7.70. The van der Waals surface area contributed by atoms with Gasteiger partial charge in [0, 0.05) is 0 Å². The summed E-state index contributed by atoms with van der Waals surface area (Å²) in [5, 5.41) is 0. The summed E-state index contributed by atoms with van der Waals surface area (Å²) >= 11 is 9.22. The van der Waals surface area contributed by atoms with E-state index in [1.54, 1.807) is 31.4 Å². The molecule has 0 spiro atoms. The molecule has 0 saturated carbocycles. The van der Waals surface area contributed by atoms with Crippen LogP contribution in [0.5, 0.6) is 11.5 Å². The van der Waals surface area contributed by atoms with E-state index in [1.807, 2.05) is 0 Å². The molecular formula is C13H7Br3O4. The van der Waals surface area contributed by atoms with Crippen molar-refractivity contribution < 1.29 is 19.1 Å². The normalized spacial score (nSPS) is 15.8. The van der Waals surface area contributed by atoms with Crippen LogP contribution in [0.15, 0.2) is 43.5 Å². The number of ketones is 2. The third-order valence-electron chi connectivity index (χ3n) is 2.48. The van der Waals surface area contributed by atoms with E-state index in [4.69, 9.17) is 9.47 Å². The molecule has 0 heterocycles. The molecule has 1 aromatic carbocycles. The van der Waals surface area contributed by atoms with Gasteiger partial charge in [0.25, 0.3) is 0 Å². The highest BCUT2D eigenvalue weighted by Gasteiger charge is 2.33. The molecule has 20 heavy (non-hydrogen) atoms. The van der Waals surface area contributed by atoms with Crippen molar-refractivity contribution in [1.82, 2.24) is 0 Å². The van der Waals surface area contributed by atoms with Gasteiger partial charge in [-0.05, 0) is 72.1 Å². The number of hydrogen-bond acceptors (Lipinski definition) is 4. The summed E-state index contributed by atoms with van der Waals surface area (Å²) in [6.45, 7) is 0. The fraction of sp³-hybridized carbons (Fsp3) is 0.0769. The third-order valence-corrected chi connectivity index (χ3v) is 5.24. The van der Waals surface area contributed by atoms with E-state index in [-0.39, 0.29) is 25.0 Å². The van der Waals surface area contributed by atoms with Crippen molar-refractivity contribution in [1.29, 1.82) is 0 Å². The summed E-state index contributed by atoms with van der Waals surface area (Å²) in [6, 6.07) is 6.68. The van der Waals surface area contributed by atoms with E-state index < -0.39 is 5.78 Å². The number of carbonyl (C=O) groups excluding carboxylic acids is 2. The first-order chi connectivity index (χ1) is 9.45. The molecule has 104 valence electrons. The van der Waals surface area contributed by atoms with Crippen molar-refractivity contribution in [2.45, 2.75) is 0 Å². The lowest BCUT2D eigenvalue weighted by molar-refractivity contribution is -0.116. The molecular weight excluding hydrogens is 460 g/mol. The Morgan fingerprint density at radius 3 is 1.85 bits per heavy atom. The maximum Gasteiger partial charge on any atom is 0.237 e. The van der Waals surface area contributed by atoms with E-state index in [0.29, 0.717) is 11.5 Å². The summed E-state index contributed by atoms with van der Waals surface area (Å²) in [6.07, 6.45) is 0. The Balaban J connectivity index is 2.32. The van der Waals surface area contributed by atoms with Gasteiger partial charge in [-0.2, -0.15) is 0 Å². The maximum atomic E-state index is 12.1. The zero-order chi connectivity index (χ0) is 14.9. The highest BCUT2D eigenvalue weighted by atomic mass is 79.9. The topological polar surface area (TPSA) is 52.6 Å². The molecule has 0 aliphatic heterocycles. The van der Waals surface area contributed by atoms with Crippen molar-refractivity contribution >= 4 is 59.4 Å². The standard InChI is InChI=1S/C13H7Br3O4/c1-19-6-2-4-7(5-3-6)20-13-10(16)11(17)8(14)9(15)12(13)18/h2-5H,1H3. The molecule has 0 atom stereocenters. The van der Waals surface area contributed by atoms with Gasteiger partial charge in [0.15, 0.2) is 5.76 Å². The molecule has 0 saturated heterocycles. The SMILES string of the molecule is COc1ccc(OC2=C(Br)C(=O)C(Br)=C(Br)C2=O)cc1. The predicted octanol–water partition coefficient (Wildman–Crippen LogP) is 3.83. The van der Waals surface area contributed by atoms with Crippen LogP contribution >= 0.6 is 47.8 Å². The Labute approximate surface area is 140 Å². The van der Waals surface area contributed by atoms with Crippen LogP contribution in [-0.4, -0.2) is 18.7 Å². The molecule has 0 fully saturated rings. The second-order valence-electron chi connectivity index (χ2n) is 3.71. The van der Waals surface area contributed by atoms with Gasteiger partial charge >= 0.3 is 0 Å². The van der Waals surface area contributed by atoms with E-state index >= 15 is 0 Å². The average molecular weight is 467 g/mol. The van der Waals surface area contributed by atoms with Crippen LogP contribution in [0, 0.1) is 0 Å². The van der Waals surface area contributed by atoms with Gasteiger partial charge < -0.3 is 9.47 Å². The average Bonchev–Trinajstić information content (AvgIpc) is 2.48. The second-order valence-corrected chi connectivity index (χ2v) is 6.09. The van der Waals surface area contributed by atoms with Gasteiger partial charge in [-0.3, -0.25) is 9.59 Å². The molecule has 0 aromatic heterocycles. The van der Waals surface area contributed by atoms with E-state index in [9.17, 15) is 9.59 Å². The summed E-state index contributed by atoms with van der Waals surface area (Å²) in [7, 11) is 1.55. The van der Waals surface area contributed by atoms with Crippen LogP contribution in [0.25, 0.3) is 0 Å². The molecule has 1 aromatic rings. The Morgan fingerprint density at radius 2 is 1.30 bits per heavy atom. The highest BCUT2D eigenvalue weighted by molar-refractivity contribution is 9.15. The van der Waals surface area contributed by atoms with E-state index in [0.717, 1.165) is 0 Å². The minimum atomic E-state index is -0.417. The number of ether oxygens (including phenoxy) is 2. The molecule has 7 heteroatoms. The van der Waals surface area contributed by atoms with Crippen LogP contribution in [0.4, 0.5) is 0 Å². The number of allylic oxidation sites excluding steroid dienone is 3. The molecule has 0 radical (unpaired) electrons. The fourth-order valence-corrected chi connectivity index (χ4v) is 2.91. The maximum absolute atomic E-state index is 12.1. The Morgan fingerprint density at radius 1 is 0.800 bits per heavy atom.